The zero-order valence-corrected chi connectivity index (χ0v) is 14.6. The molecule has 0 radical (unpaired) electrons. The molecular formula is C17H20FN3O5. The van der Waals surface area contributed by atoms with Crippen LogP contribution >= 0.6 is 0 Å². The van der Waals surface area contributed by atoms with Gasteiger partial charge in [-0.25, -0.2) is 9.18 Å². The second-order valence-corrected chi connectivity index (χ2v) is 6.52. The van der Waals surface area contributed by atoms with Crippen LogP contribution in [0.15, 0.2) is 30.0 Å². The lowest BCUT2D eigenvalue weighted by atomic mass is 10.2. The fourth-order valence-corrected chi connectivity index (χ4v) is 2.17. The molecule has 1 aromatic rings. The molecule has 8 nitrogen and oxygen atoms in total. The van der Waals surface area contributed by atoms with Gasteiger partial charge in [0.2, 0.25) is 0 Å². The number of halogens is 1. The van der Waals surface area contributed by atoms with Crippen molar-refractivity contribution in [1.82, 2.24) is 4.90 Å². The Bertz CT molecular complexity index is 770. The molecule has 0 unspecified atom stereocenters. The van der Waals surface area contributed by atoms with E-state index < -0.39 is 29.3 Å². The Hall–Kier alpha value is -2.94. The van der Waals surface area contributed by atoms with E-state index in [9.17, 15) is 18.8 Å². The number of rotatable bonds is 5. The van der Waals surface area contributed by atoms with E-state index in [1.165, 1.54) is 12.1 Å². The van der Waals surface area contributed by atoms with Crippen molar-refractivity contribution < 1.29 is 28.6 Å². The van der Waals surface area contributed by atoms with E-state index in [1.54, 1.807) is 20.8 Å². The zero-order chi connectivity index (χ0) is 19.5. The lowest BCUT2D eigenvalue weighted by molar-refractivity contribution is -0.137. The molecule has 140 valence electrons. The number of ether oxygens (including phenoxy) is 1. The van der Waals surface area contributed by atoms with E-state index in [-0.39, 0.29) is 30.2 Å². The SMILES string of the molecule is CC(C)(C)OC(=O)Nc1ccc(NC2=CC(=O)N(CCO)C2=O)cc1F. The van der Waals surface area contributed by atoms with Gasteiger partial charge in [0, 0.05) is 11.8 Å². The average Bonchev–Trinajstić information content (AvgIpc) is 2.76. The number of anilines is 2. The van der Waals surface area contributed by atoms with Crippen molar-refractivity contribution in [2.75, 3.05) is 23.8 Å². The van der Waals surface area contributed by atoms with Crippen LogP contribution < -0.4 is 10.6 Å². The van der Waals surface area contributed by atoms with Gasteiger partial charge in [-0.1, -0.05) is 0 Å². The molecule has 1 aromatic carbocycles. The molecule has 0 saturated carbocycles. The Labute approximate surface area is 149 Å². The summed E-state index contributed by atoms with van der Waals surface area (Å²) in [6, 6.07) is 3.80. The largest absolute Gasteiger partial charge is 0.444 e. The molecular weight excluding hydrogens is 345 g/mol. The summed E-state index contributed by atoms with van der Waals surface area (Å²) < 4.78 is 19.2. The predicted octanol–water partition coefficient (Wildman–Crippen LogP) is 1.83. The molecule has 0 aromatic heterocycles. The van der Waals surface area contributed by atoms with Crippen LogP contribution in [0.1, 0.15) is 20.8 Å². The first-order valence-corrected chi connectivity index (χ1v) is 7.85. The first-order valence-electron chi connectivity index (χ1n) is 7.85. The summed E-state index contributed by atoms with van der Waals surface area (Å²) in [7, 11) is 0. The number of nitrogens with zero attached hydrogens (tertiary/aromatic N) is 1. The highest BCUT2D eigenvalue weighted by atomic mass is 19.1. The highest BCUT2D eigenvalue weighted by molar-refractivity contribution is 6.17. The lowest BCUT2D eigenvalue weighted by Gasteiger charge is -2.20. The molecule has 0 saturated heterocycles. The molecule has 3 amide bonds. The standard InChI is InChI=1S/C17H20FN3O5/c1-17(2,3)26-16(25)20-12-5-4-10(8-11(12)18)19-13-9-14(23)21(6-7-22)15(13)24/h4-5,8-9,19,22H,6-7H2,1-3H3,(H,20,25). The van der Waals surface area contributed by atoms with E-state index in [1.807, 2.05) is 0 Å². The second-order valence-electron chi connectivity index (χ2n) is 6.52. The quantitative estimate of drug-likeness (QED) is 0.687. The molecule has 2 rings (SSSR count). The summed E-state index contributed by atoms with van der Waals surface area (Å²) in [5.74, 6) is -1.92. The highest BCUT2D eigenvalue weighted by Gasteiger charge is 2.30. The minimum Gasteiger partial charge on any atom is -0.444 e. The van der Waals surface area contributed by atoms with E-state index in [4.69, 9.17) is 9.84 Å². The Morgan fingerprint density at radius 3 is 2.58 bits per heavy atom. The Morgan fingerprint density at radius 2 is 2.00 bits per heavy atom. The van der Waals surface area contributed by atoms with Gasteiger partial charge < -0.3 is 15.2 Å². The number of benzene rings is 1. The molecule has 26 heavy (non-hydrogen) atoms. The summed E-state index contributed by atoms with van der Waals surface area (Å²) in [5.41, 5.74) is -0.620. The highest BCUT2D eigenvalue weighted by Crippen LogP contribution is 2.23. The van der Waals surface area contributed by atoms with Crippen molar-refractivity contribution >= 4 is 29.3 Å². The fourth-order valence-electron chi connectivity index (χ4n) is 2.17. The number of hydrogen-bond acceptors (Lipinski definition) is 6. The molecule has 0 bridgehead atoms. The fraction of sp³-hybridized carbons (Fsp3) is 0.353. The van der Waals surface area contributed by atoms with Gasteiger partial charge in [-0.15, -0.1) is 0 Å². The third kappa shape index (κ3) is 4.79. The molecule has 1 aliphatic rings. The Balaban J connectivity index is 2.06. The number of amides is 3. The van der Waals surface area contributed by atoms with Crippen LogP contribution in [0.2, 0.25) is 0 Å². The third-order valence-corrected chi connectivity index (χ3v) is 3.22. The van der Waals surface area contributed by atoms with Crippen LogP contribution in [-0.2, 0) is 14.3 Å². The maximum atomic E-state index is 14.2. The lowest BCUT2D eigenvalue weighted by Crippen LogP contribution is -2.34. The number of carbonyl (C=O) groups excluding carboxylic acids is 3. The minimum atomic E-state index is -0.795. The number of aliphatic hydroxyl groups is 1. The topological polar surface area (TPSA) is 108 Å². The number of aliphatic hydroxyl groups excluding tert-OH is 1. The first-order chi connectivity index (χ1) is 12.1. The number of imide groups is 1. The van der Waals surface area contributed by atoms with Gasteiger partial charge in [-0.05, 0) is 39.0 Å². The Morgan fingerprint density at radius 1 is 1.31 bits per heavy atom. The summed E-state index contributed by atoms with van der Waals surface area (Å²) in [6.07, 6.45) is 0.277. The monoisotopic (exact) mass is 365 g/mol. The molecule has 0 fully saturated rings. The summed E-state index contributed by atoms with van der Waals surface area (Å²) in [4.78, 5) is 36.3. The van der Waals surface area contributed by atoms with E-state index >= 15 is 0 Å². The van der Waals surface area contributed by atoms with Gasteiger partial charge in [-0.3, -0.25) is 19.8 Å². The van der Waals surface area contributed by atoms with Crippen LogP contribution in [0.5, 0.6) is 0 Å². The molecule has 0 aliphatic carbocycles. The van der Waals surface area contributed by atoms with Crippen LogP contribution in [0, 0.1) is 5.82 Å². The second kappa shape index (κ2) is 7.52. The van der Waals surface area contributed by atoms with E-state index in [0.717, 1.165) is 17.0 Å². The molecule has 0 spiro atoms. The van der Waals surface area contributed by atoms with Gasteiger partial charge in [0.25, 0.3) is 11.8 Å². The first kappa shape index (κ1) is 19.4. The van der Waals surface area contributed by atoms with Crippen molar-refractivity contribution in [3.8, 4) is 0 Å². The zero-order valence-electron chi connectivity index (χ0n) is 14.6. The maximum Gasteiger partial charge on any atom is 0.412 e. The van der Waals surface area contributed by atoms with Crippen molar-refractivity contribution in [2.45, 2.75) is 26.4 Å². The number of hydrogen-bond donors (Lipinski definition) is 3. The van der Waals surface area contributed by atoms with Crippen LogP contribution in [0.25, 0.3) is 0 Å². The van der Waals surface area contributed by atoms with Crippen molar-refractivity contribution in [2.24, 2.45) is 0 Å². The van der Waals surface area contributed by atoms with Gasteiger partial charge in [0.1, 0.15) is 17.1 Å². The van der Waals surface area contributed by atoms with Crippen molar-refractivity contribution in [1.29, 1.82) is 0 Å². The van der Waals surface area contributed by atoms with Gasteiger partial charge >= 0.3 is 6.09 Å². The number of carbonyl (C=O) groups is 3. The molecule has 9 heteroatoms. The van der Waals surface area contributed by atoms with Gasteiger partial charge in [0.05, 0.1) is 18.8 Å². The molecule has 1 heterocycles. The Kier molecular flexibility index (Phi) is 5.61. The smallest absolute Gasteiger partial charge is 0.412 e. The molecule has 3 N–H and O–H groups in total. The van der Waals surface area contributed by atoms with Gasteiger partial charge in [-0.2, -0.15) is 0 Å². The maximum absolute atomic E-state index is 14.2. The molecule has 1 aliphatic heterocycles. The van der Waals surface area contributed by atoms with Crippen LogP contribution in [-0.4, -0.2) is 46.7 Å². The number of nitrogens with one attached hydrogen (secondary N) is 2. The average molecular weight is 365 g/mol. The van der Waals surface area contributed by atoms with Crippen LogP contribution in [0.4, 0.5) is 20.6 Å². The van der Waals surface area contributed by atoms with Crippen molar-refractivity contribution in [3.63, 3.8) is 0 Å². The molecule has 0 atom stereocenters. The van der Waals surface area contributed by atoms with Crippen molar-refractivity contribution in [3.05, 3.63) is 35.8 Å². The number of β-amino-alcohol motifs (C(OH)–C–C–N with tert-alkyl or cyclic N) is 1. The predicted molar refractivity (Wildman–Crippen MR) is 91.8 cm³/mol. The summed E-state index contributed by atoms with van der Waals surface area (Å²) in [6.45, 7) is 4.59. The summed E-state index contributed by atoms with van der Waals surface area (Å²) >= 11 is 0. The third-order valence-electron chi connectivity index (χ3n) is 3.22. The minimum absolute atomic E-state index is 0.0318. The van der Waals surface area contributed by atoms with E-state index in [2.05, 4.69) is 10.6 Å². The normalized spacial score (nSPS) is 14.3. The van der Waals surface area contributed by atoms with E-state index in [0.29, 0.717) is 0 Å². The van der Waals surface area contributed by atoms with Gasteiger partial charge in [0.15, 0.2) is 0 Å². The summed E-state index contributed by atoms with van der Waals surface area (Å²) in [5, 5.41) is 13.8. The van der Waals surface area contributed by atoms with Crippen LogP contribution in [0.3, 0.4) is 0 Å².